The lowest BCUT2D eigenvalue weighted by Crippen LogP contribution is -2.55. The molecule has 148 valence electrons. The molecule has 0 amide bonds. The van der Waals surface area contributed by atoms with E-state index < -0.39 is 53.3 Å². The van der Waals surface area contributed by atoms with Gasteiger partial charge in [0.05, 0.1) is 23.7 Å². The second-order valence-corrected chi connectivity index (χ2v) is 7.71. The van der Waals surface area contributed by atoms with Gasteiger partial charge in [0.25, 0.3) is 0 Å². The zero-order valence-corrected chi connectivity index (χ0v) is 16.3. The normalized spacial score (nSPS) is 28.3. The average molecular weight is 377 g/mol. The van der Waals surface area contributed by atoms with Gasteiger partial charge < -0.3 is 14.6 Å². The van der Waals surface area contributed by atoms with Gasteiger partial charge in [0.1, 0.15) is 5.92 Å². The van der Waals surface area contributed by atoms with Gasteiger partial charge in [0, 0.05) is 24.2 Å². The Kier molecular flexibility index (Phi) is 6.36. The molecule has 1 saturated carbocycles. The van der Waals surface area contributed by atoms with Crippen molar-refractivity contribution in [1.29, 1.82) is 0 Å². The van der Waals surface area contributed by atoms with Gasteiger partial charge in [-0.2, -0.15) is 0 Å². The first kappa shape index (κ1) is 21.0. The molecule has 1 aromatic heterocycles. The van der Waals surface area contributed by atoms with E-state index in [-0.39, 0.29) is 6.42 Å². The van der Waals surface area contributed by atoms with Crippen LogP contribution >= 0.6 is 0 Å². The number of nitrogens with zero attached hydrogens (tertiary/aromatic N) is 1. The molecule has 0 aromatic carbocycles. The summed E-state index contributed by atoms with van der Waals surface area (Å²) in [6, 6.07) is 5.02. The Morgan fingerprint density at radius 1 is 1.15 bits per heavy atom. The van der Waals surface area contributed by atoms with Gasteiger partial charge in [0.15, 0.2) is 5.78 Å². The highest BCUT2D eigenvalue weighted by molar-refractivity contribution is 6.02. The average Bonchev–Trinajstić information content (AvgIpc) is 2.52. The van der Waals surface area contributed by atoms with Gasteiger partial charge in [-0.05, 0) is 46.8 Å². The SMILES string of the molecule is CC(C)OC(=O)[C@@H]1C(=O)C[C@](C)(O)[C@@H](C(=O)OC(C)C)[C@H]1c1ccccn1. The first-order valence-corrected chi connectivity index (χ1v) is 9.11. The third kappa shape index (κ3) is 4.71. The van der Waals surface area contributed by atoms with Crippen LogP contribution < -0.4 is 0 Å². The quantitative estimate of drug-likeness (QED) is 0.618. The highest BCUT2D eigenvalue weighted by Gasteiger charge is 2.57. The largest absolute Gasteiger partial charge is 0.463 e. The first-order valence-electron chi connectivity index (χ1n) is 9.11. The summed E-state index contributed by atoms with van der Waals surface area (Å²) in [6.45, 7) is 8.17. The smallest absolute Gasteiger partial charge is 0.317 e. The van der Waals surface area contributed by atoms with E-state index in [1.165, 1.54) is 13.1 Å². The van der Waals surface area contributed by atoms with Crippen molar-refractivity contribution in [3.63, 3.8) is 0 Å². The summed E-state index contributed by atoms with van der Waals surface area (Å²) in [5, 5.41) is 10.9. The number of ketones is 1. The minimum atomic E-state index is -1.67. The van der Waals surface area contributed by atoms with E-state index in [1.807, 2.05) is 0 Å². The van der Waals surface area contributed by atoms with E-state index >= 15 is 0 Å². The van der Waals surface area contributed by atoms with E-state index in [0.717, 1.165) is 0 Å². The van der Waals surface area contributed by atoms with Gasteiger partial charge in [0.2, 0.25) is 0 Å². The van der Waals surface area contributed by atoms with Crippen molar-refractivity contribution in [2.24, 2.45) is 11.8 Å². The number of carbonyl (C=O) groups is 3. The van der Waals surface area contributed by atoms with Crippen LogP contribution in [0.5, 0.6) is 0 Å². The molecule has 1 aromatic rings. The summed E-state index contributed by atoms with van der Waals surface area (Å²) in [4.78, 5) is 42.5. The van der Waals surface area contributed by atoms with Crippen molar-refractivity contribution >= 4 is 17.7 Å². The lowest BCUT2D eigenvalue weighted by molar-refractivity contribution is -0.176. The Bertz CT molecular complexity index is 690. The minimum absolute atomic E-state index is 0.341. The number of pyridine rings is 1. The second kappa shape index (κ2) is 8.17. The van der Waals surface area contributed by atoms with Crippen molar-refractivity contribution < 1.29 is 29.0 Å². The third-order valence-corrected chi connectivity index (χ3v) is 4.51. The van der Waals surface area contributed by atoms with Gasteiger partial charge in [-0.1, -0.05) is 6.07 Å². The number of rotatable bonds is 5. The minimum Gasteiger partial charge on any atom is -0.463 e. The third-order valence-electron chi connectivity index (χ3n) is 4.51. The lowest BCUT2D eigenvalue weighted by Gasteiger charge is -2.43. The molecule has 27 heavy (non-hydrogen) atoms. The van der Waals surface area contributed by atoms with Crippen LogP contribution in [0.4, 0.5) is 0 Å². The molecular weight excluding hydrogens is 350 g/mol. The number of ether oxygens (including phenoxy) is 2. The molecule has 1 aliphatic rings. The molecule has 2 rings (SSSR count). The molecule has 7 nitrogen and oxygen atoms in total. The lowest BCUT2D eigenvalue weighted by atomic mass is 9.62. The van der Waals surface area contributed by atoms with E-state index in [0.29, 0.717) is 5.69 Å². The summed E-state index contributed by atoms with van der Waals surface area (Å²) in [6.07, 6.45) is 0.347. The monoisotopic (exact) mass is 377 g/mol. The van der Waals surface area contributed by atoms with Crippen LogP contribution in [0.15, 0.2) is 24.4 Å². The van der Waals surface area contributed by atoms with E-state index in [9.17, 15) is 19.5 Å². The van der Waals surface area contributed by atoms with Crippen LogP contribution in [-0.4, -0.2) is 45.6 Å². The maximum absolute atomic E-state index is 12.8. The molecule has 1 heterocycles. The fourth-order valence-corrected chi connectivity index (χ4v) is 3.56. The molecule has 1 fully saturated rings. The molecule has 0 aliphatic heterocycles. The highest BCUT2D eigenvalue weighted by atomic mass is 16.5. The number of esters is 2. The Balaban J connectivity index is 2.57. The first-order chi connectivity index (χ1) is 12.5. The fourth-order valence-electron chi connectivity index (χ4n) is 3.56. The molecule has 0 saturated heterocycles. The van der Waals surface area contributed by atoms with Crippen LogP contribution in [0.2, 0.25) is 0 Å². The van der Waals surface area contributed by atoms with Gasteiger partial charge in [-0.25, -0.2) is 0 Å². The molecule has 4 atom stereocenters. The summed E-state index contributed by atoms with van der Waals surface area (Å²) >= 11 is 0. The molecule has 7 heteroatoms. The van der Waals surface area contributed by atoms with Crippen molar-refractivity contribution in [2.45, 2.75) is 64.8 Å². The molecule has 0 unspecified atom stereocenters. The molecule has 1 aliphatic carbocycles. The maximum Gasteiger partial charge on any atom is 0.317 e. The number of aromatic nitrogens is 1. The number of hydrogen-bond donors (Lipinski definition) is 1. The van der Waals surface area contributed by atoms with Gasteiger partial charge in [-0.3, -0.25) is 19.4 Å². The number of hydrogen-bond acceptors (Lipinski definition) is 7. The van der Waals surface area contributed by atoms with Crippen LogP contribution in [0.1, 0.15) is 52.7 Å². The second-order valence-electron chi connectivity index (χ2n) is 7.71. The van der Waals surface area contributed by atoms with E-state index in [4.69, 9.17) is 9.47 Å². The predicted molar refractivity (Wildman–Crippen MR) is 96.7 cm³/mol. The highest BCUT2D eigenvalue weighted by Crippen LogP contribution is 2.46. The summed E-state index contributed by atoms with van der Waals surface area (Å²) in [5.41, 5.74) is -1.30. The van der Waals surface area contributed by atoms with Gasteiger partial charge >= 0.3 is 11.9 Å². The van der Waals surface area contributed by atoms with E-state index in [1.54, 1.807) is 45.9 Å². The Morgan fingerprint density at radius 2 is 1.74 bits per heavy atom. The summed E-state index contributed by atoms with van der Waals surface area (Å²) < 4.78 is 10.6. The zero-order valence-electron chi connectivity index (χ0n) is 16.3. The van der Waals surface area contributed by atoms with Crippen LogP contribution in [0.25, 0.3) is 0 Å². The molecule has 0 bridgehead atoms. The molecule has 0 spiro atoms. The topological polar surface area (TPSA) is 103 Å². The number of Topliss-reactive ketones (excluding diaryl/α,β-unsaturated/α-hetero) is 1. The molecule has 1 N–H and O–H groups in total. The Labute approximate surface area is 159 Å². The van der Waals surface area contributed by atoms with Crippen LogP contribution in [-0.2, 0) is 23.9 Å². The maximum atomic E-state index is 12.8. The standard InChI is InChI=1S/C20H27NO6/c1-11(2)26-18(23)16-14(22)10-20(5,25)17(19(24)27-12(3)4)15(16)13-8-6-7-9-21-13/h6-9,11-12,15-17,25H,10H2,1-5H3/t15-,16+,17+,20-/m0/s1. The fraction of sp³-hybridized carbons (Fsp3) is 0.600. The van der Waals surface area contributed by atoms with Gasteiger partial charge in [-0.15, -0.1) is 0 Å². The number of aliphatic hydroxyl groups is 1. The summed E-state index contributed by atoms with van der Waals surface area (Å²) in [5.74, 6) is -5.19. The van der Waals surface area contributed by atoms with Crippen molar-refractivity contribution in [3.05, 3.63) is 30.1 Å². The van der Waals surface area contributed by atoms with E-state index in [2.05, 4.69) is 4.98 Å². The number of carbonyl (C=O) groups excluding carboxylic acids is 3. The predicted octanol–water partition coefficient (Wildman–Crippen LogP) is 2.02. The summed E-state index contributed by atoms with van der Waals surface area (Å²) in [7, 11) is 0. The molecule has 0 radical (unpaired) electrons. The molecular formula is C20H27NO6. The van der Waals surface area contributed by atoms with Crippen LogP contribution in [0.3, 0.4) is 0 Å². The Morgan fingerprint density at radius 3 is 2.26 bits per heavy atom. The zero-order chi connectivity index (χ0) is 20.4. The van der Waals surface area contributed by atoms with Crippen LogP contribution in [0, 0.1) is 11.8 Å². The Hall–Kier alpha value is -2.28. The van der Waals surface area contributed by atoms with Crippen molar-refractivity contribution in [3.8, 4) is 0 Å². The van der Waals surface area contributed by atoms with Crippen molar-refractivity contribution in [1.82, 2.24) is 4.98 Å². The van der Waals surface area contributed by atoms with Crippen molar-refractivity contribution in [2.75, 3.05) is 0 Å².